The number of nitrogens with one attached hydrogen (secondary N) is 1. The van der Waals surface area contributed by atoms with Gasteiger partial charge >= 0.3 is 0 Å². The molecule has 0 bridgehead atoms. The van der Waals surface area contributed by atoms with E-state index in [-0.39, 0.29) is 16.9 Å². The zero-order chi connectivity index (χ0) is 13.2. The molecular formula is C14H19FN2O. The molecule has 98 valence electrons. The van der Waals surface area contributed by atoms with Crippen molar-refractivity contribution in [2.45, 2.75) is 32.6 Å². The van der Waals surface area contributed by atoms with E-state index in [0.717, 1.165) is 19.3 Å². The fraction of sp³-hybridized carbons (Fsp3) is 0.500. The van der Waals surface area contributed by atoms with Gasteiger partial charge in [0, 0.05) is 12.2 Å². The number of carbonyl (C=O) groups excluding carboxylic acids is 1. The zero-order valence-corrected chi connectivity index (χ0v) is 10.6. The van der Waals surface area contributed by atoms with Gasteiger partial charge in [0.25, 0.3) is 5.91 Å². The van der Waals surface area contributed by atoms with Crippen molar-refractivity contribution in [3.05, 3.63) is 29.6 Å². The second kappa shape index (κ2) is 4.96. The molecule has 2 rings (SSSR count). The summed E-state index contributed by atoms with van der Waals surface area (Å²) in [5, 5.41) is 2.83. The quantitative estimate of drug-likeness (QED) is 0.807. The van der Waals surface area contributed by atoms with Gasteiger partial charge in [0.1, 0.15) is 5.82 Å². The van der Waals surface area contributed by atoms with E-state index in [1.807, 2.05) is 0 Å². The molecule has 0 heterocycles. The van der Waals surface area contributed by atoms with E-state index in [4.69, 9.17) is 5.73 Å². The topological polar surface area (TPSA) is 55.1 Å². The summed E-state index contributed by atoms with van der Waals surface area (Å²) in [5.41, 5.74) is 6.22. The lowest BCUT2D eigenvalue weighted by atomic mass is 9.67. The number of nitrogens with two attached hydrogens (primary N) is 1. The van der Waals surface area contributed by atoms with Crippen LogP contribution in [0.5, 0.6) is 0 Å². The number of anilines is 1. The first-order chi connectivity index (χ1) is 8.56. The number of halogens is 1. The summed E-state index contributed by atoms with van der Waals surface area (Å²) in [7, 11) is 0. The SMILES string of the molecule is CCC1(CNC(=O)c2cc(N)ccc2F)CCC1. The van der Waals surface area contributed by atoms with Crippen molar-refractivity contribution in [2.24, 2.45) is 5.41 Å². The Labute approximate surface area is 107 Å². The molecule has 1 aliphatic rings. The Morgan fingerprint density at radius 3 is 2.78 bits per heavy atom. The Morgan fingerprint density at radius 2 is 2.22 bits per heavy atom. The molecule has 0 unspecified atom stereocenters. The average molecular weight is 250 g/mol. The number of carbonyl (C=O) groups is 1. The fourth-order valence-corrected chi connectivity index (χ4v) is 2.41. The number of amides is 1. The molecule has 1 fully saturated rings. The van der Waals surface area contributed by atoms with Crippen molar-refractivity contribution in [1.82, 2.24) is 5.32 Å². The van der Waals surface area contributed by atoms with E-state index in [2.05, 4.69) is 12.2 Å². The van der Waals surface area contributed by atoms with Crippen molar-refractivity contribution < 1.29 is 9.18 Å². The van der Waals surface area contributed by atoms with Crippen molar-refractivity contribution >= 4 is 11.6 Å². The van der Waals surface area contributed by atoms with E-state index in [1.165, 1.54) is 24.6 Å². The summed E-state index contributed by atoms with van der Waals surface area (Å²) in [4.78, 5) is 11.9. The van der Waals surface area contributed by atoms with E-state index in [9.17, 15) is 9.18 Å². The van der Waals surface area contributed by atoms with Gasteiger partial charge < -0.3 is 11.1 Å². The first kappa shape index (κ1) is 12.9. The van der Waals surface area contributed by atoms with Crippen LogP contribution in [-0.4, -0.2) is 12.5 Å². The monoisotopic (exact) mass is 250 g/mol. The lowest BCUT2D eigenvalue weighted by Gasteiger charge is -2.41. The molecule has 1 amide bonds. The van der Waals surface area contributed by atoms with E-state index in [1.54, 1.807) is 0 Å². The zero-order valence-electron chi connectivity index (χ0n) is 10.6. The van der Waals surface area contributed by atoms with Gasteiger partial charge in [-0.25, -0.2) is 4.39 Å². The summed E-state index contributed by atoms with van der Waals surface area (Å²) in [6, 6.07) is 4.05. The molecule has 0 spiro atoms. The van der Waals surface area contributed by atoms with Gasteiger partial charge in [0.05, 0.1) is 5.56 Å². The number of benzene rings is 1. The minimum atomic E-state index is -0.527. The molecule has 3 nitrogen and oxygen atoms in total. The molecule has 1 aromatic carbocycles. The number of hydrogen-bond acceptors (Lipinski definition) is 2. The highest BCUT2D eigenvalue weighted by atomic mass is 19.1. The summed E-state index contributed by atoms with van der Waals surface area (Å²) < 4.78 is 13.5. The summed E-state index contributed by atoms with van der Waals surface area (Å²) in [6.45, 7) is 2.75. The van der Waals surface area contributed by atoms with Crippen LogP contribution in [0.2, 0.25) is 0 Å². The fourth-order valence-electron chi connectivity index (χ4n) is 2.41. The smallest absolute Gasteiger partial charge is 0.254 e. The van der Waals surface area contributed by atoms with Crippen LogP contribution in [0.4, 0.5) is 10.1 Å². The Kier molecular flexibility index (Phi) is 3.55. The minimum Gasteiger partial charge on any atom is -0.399 e. The van der Waals surface area contributed by atoms with E-state index in [0.29, 0.717) is 12.2 Å². The van der Waals surface area contributed by atoms with Crippen molar-refractivity contribution in [1.29, 1.82) is 0 Å². The Morgan fingerprint density at radius 1 is 1.50 bits per heavy atom. The normalized spacial score (nSPS) is 17.0. The van der Waals surface area contributed by atoms with Gasteiger partial charge in [-0.05, 0) is 42.9 Å². The van der Waals surface area contributed by atoms with Gasteiger partial charge in [-0.1, -0.05) is 13.3 Å². The second-order valence-electron chi connectivity index (χ2n) is 5.13. The number of hydrogen-bond donors (Lipinski definition) is 2. The molecule has 0 aliphatic heterocycles. The van der Waals surface area contributed by atoms with Crippen LogP contribution in [0.3, 0.4) is 0 Å². The highest BCUT2D eigenvalue weighted by molar-refractivity contribution is 5.95. The Bertz CT molecular complexity index is 450. The highest BCUT2D eigenvalue weighted by Gasteiger charge is 2.35. The highest BCUT2D eigenvalue weighted by Crippen LogP contribution is 2.43. The molecule has 0 radical (unpaired) electrons. The van der Waals surface area contributed by atoms with Crippen LogP contribution in [0.15, 0.2) is 18.2 Å². The third-order valence-electron chi connectivity index (χ3n) is 4.02. The van der Waals surface area contributed by atoms with Gasteiger partial charge in [-0.15, -0.1) is 0 Å². The van der Waals surface area contributed by atoms with Crippen LogP contribution >= 0.6 is 0 Å². The standard InChI is InChI=1S/C14H19FN2O/c1-2-14(6-3-7-14)9-17-13(18)11-8-10(16)4-5-12(11)15/h4-5,8H,2-3,6-7,9,16H2,1H3,(H,17,18). The van der Waals surface area contributed by atoms with Gasteiger partial charge in [-0.2, -0.15) is 0 Å². The molecule has 3 N–H and O–H groups in total. The first-order valence-corrected chi connectivity index (χ1v) is 6.39. The third-order valence-corrected chi connectivity index (χ3v) is 4.02. The molecular weight excluding hydrogens is 231 g/mol. The summed E-state index contributed by atoms with van der Waals surface area (Å²) in [5.74, 6) is -0.902. The molecule has 1 aromatic rings. The van der Waals surface area contributed by atoms with Crippen LogP contribution in [-0.2, 0) is 0 Å². The van der Waals surface area contributed by atoms with Gasteiger partial charge in [-0.3, -0.25) is 4.79 Å². The van der Waals surface area contributed by atoms with Gasteiger partial charge in [0.15, 0.2) is 0 Å². The molecule has 0 aromatic heterocycles. The minimum absolute atomic E-state index is 0.0283. The maximum Gasteiger partial charge on any atom is 0.254 e. The molecule has 0 atom stereocenters. The maximum absolute atomic E-state index is 13.5. The second-order valence-corrected chi connectivity index (χ2v) is 5.13. The Hall–Kier alpha value is -1.58. The predicted molar refractivity (Wildman–Crippen MR) is 69.7 cm³/mol. The first-order valence-electron chi connectivity index (χ1n) is 6.39. The number of rotatable bonds is 4. The summed E-state index contributed by atoms with van der Waals surface area (Å²) >= 11 is 0. The van der Waals surface area contributed by atoms with Crippen LogP contribution < -0.4 is 11.1 Å². The lowest BCUT2D eigenvalue weighted by Crippen LogP contribution is -2.41. The molecule has 4 heteroatoms. The molecule has 1 aliphatic carbocycles. The average Bonchev–Trinajstić information content (AvgIpc) is 2.31. The van der Waals surface area contributed by atoms with E-state index >= 15 is 0 Å². The summed E-state index contributed by atoms with van der Waals surface area (Å²) in [6.07, 6.45) is 4.55. The number of nitrogen functional groups attached to an aromatic ring is 1. The predicted octanol–water partition coefficient (Wildman–Crippen LogP) is 2.72. The van der Waals surface area contributed by atoms with Crippen LogP contribution in [0, 0.1) is 11.2 Å². The molecule has 18 heavy (non-hydrogen) atoms. The molecule has 1 saturated carbocycles. The largest absolute Gasteiger partial charge is 0.399 e. The Balaban J connectivity index is 2.01. The van der Waals surface area contributed by atoms with Crippen molar-refractivity contribution in [3.8, 4) is 0 Å². The van der Waals surface area contributed by atoms with Crippen LogP contribution in [0.25, 0.3) is 0 Å². The van der Waals surface area contributed by atoms with Crippen LogP contribution in [0.1, 0.15) is 43.0 Å². The maximum atomic E-state index is 13.5. The molecule has 0 saturated heterocycles. The van der Waals surface area contributed by atoms with Gasteiger partial charge in [0.2, 0.25) is 0 Å². The third kappa shape index (κ3) is 2.47. The van der Waals surface area contributed by atoms with Crippen molar-refractivity contribution in [3.63, 3.8) is 0 Å². The lowest BCUT2D eigenvalue weighted by molar-refractivity contribution is 0.0846. The van der Waals surface area contributed by atoms with Crippen molar-refractivity contribution in [2.75, 3.05) is 12.3 Å². The van der Waals surface area contributed by atoms with E-state index < -0.39 is 5.82 Å².